The van der Waals surface area contributed by atoms with E-state index in [0.717, 1.165) is 68.6 Å². The summed E-state index contributed by atoms with van der Waals surface area (Å²) in [7, 11) is 0. The Bertz CT molecular complexity index is 2500. The molecule has 0 radical (unpaired) electrons. The smallest absolute Gasteiger partial charge is 0.131 e. The first kappa shape index (κ1) is 39.7. The lowest BCUT2D eigenvalue weighted by Gasteiger charge is -2.28. The Kier molecular flexibility index (Phi) is 9.88. The topological polar surface area (TPSA) is 70.5 Å². The van der Waals surface area contributed by atoms with E-state index < -0.39 is 0 Å². The van der Waals surface area contributed by atoms with Crippen LogP contribution in [0.4, 0.5) is 11.4 Å². The molecule has 57 heavy (non-hydrogen) atoms. The highest BCUT2D eigenvalue weighted by atomic mass is 16.5. The Labute approximate surface area is 341 Å². The average Bonchev–Trinajstić information content (AvgIpc) is 3.50. The number of fused-ring (bicyclic) bond motifs is 3. The summed E-state index contributed by atoms with van der Waals surface area (Å²) in [4.78, 5) is 0. The predicted octanol–water partition coefficient (Wildman–Crippen LogP) is 14.5. The first-order chi connectivity index (χ1) is 26.6. The Morgan fingerprint density at radius 1 is 0.404 bits per heavy atom. The molecule has 4 N–H and O–H groups in total. The summed E-state index contributed by atoms with van der Waals surface area (Å²) in [6.07, 6.45) is 0.873. The molecule has 1 aliphatic rings. The number of ether oxygens (including phenoxy) is 2. The van der Waals surface area contributed by atoms with E-state index in [1.54, 1.807) is 0 Å². The maximum atomic E-state index is 6.87. The van der Waals surface area contributed by atoms with Crippen LogP contribution in [-0.4, -0.2) is 0 Å². The molecule has 294 valence electrons. The van der Waals surface area contributed by atoms with E-state index in [1.807, 2.05) is 36.4 Å². The lowest BCUT2D eigenvalue weighted by atomic mass is 9.80. The van der Waals surface area contributed by atoms with Crippen molar-refractivity contribution in [2.45, 2.75) is 111 Å². The van der Waals surface area contributed by atoms with Gasteiger partial charge in [-0.05, 0) is 133 Å². The van der Waals surface area contributed by atoms with E-state index in [0.29, 0.717) is 0 Å². The Hall–Kier alpha value is -5.48. The number of hydrogen-bond acceptors (Lipinski definition) is 4. The predicted molar refractivity (Wildman–Crippen MR) is 242 cm³/mol. The van der Waals surface area contributed by atoms with Crippen molar-refractivity contribution < 1.29 is 9.47 Å². The van der Waals surface area contributed by atoms with Gasteiger partial charge in [0.05, 0.1) is 0 Å². The number of anilines is 2. The molecule has 6 aromatic rings. The minimum Gasteiger partial charge on any atom is -0.457 e. The molecule has 0 spiro atoms. The summed E-state index contributed by atoms with van der Waals surface area (Å²) in [6.45, 7) is 26.7. The van der Waals surface area contributed by atoms with Crippen LogP contribution >= 0.6 is 0 Å². The fourth-order valence-corrected chi connectivity index (χ4v) is 8.20. The molecule has 4 heteroatoms. The van der Waals surface area contributed by atoms with Gasteiger partial charge in [-0.25, -0.2) is 0 Å². The van der Waals surface area contributed by atoms with Crippen molar-refractivity contribution in [1.82, 2.24) is 0 Å². The summed E-state index contributed by atoms with van der Waals surface area (Å²) in [5.74, 6) is 3.37. The third-order valence-corrected chi connectivity index (χ3v) is 11.2. The minimum absolute atomic E-state index is 0.139. The minimum atomic E-state index is -0.200. The highest BCUT2D eigenvalue weighted by Gasteiger charge is 2.30. The molecular formula is C53H60N2O2. The second-order valence-corrected chi connectivity index (χ2v) is 20.0. The van der Waals surface area contributed by atoms with Crippen LogP contribution < -0.4 is 20.9 Å². The van der Waals surface area contributed by atoms with Crippen molar-refractivity contribution in [3.05, 3.63) is 143 Å². The highest BCUT2D eigenvalue weighted by molar-refractivity contribution is 5.94. The van der Waals surface area contributed by atoms with Crippen molar-refractivity contribution in [3.63, 3.8) is 0 Å². The van der Waals surface area contributed by atoms with E-state index in [9.17, 15) is 0 Å². The van der Waals surface area contributed by atoms with Gasteiger partial charge < -0.3 is 20.9 Å². The van der Waals surface area contributed by atoms with Gasteiger partial charge in [-0.3, -0.25) is 0 Å². The first-order valence-electron chi connectivity index (χ1n) is 20.3. The lowest BCUT2D eigenvalue weighted by Crippen LogP contribution is -2.15. The highest BCUT2D eigenvalue weighted by Crippen LogP contribution is 2.49. The number of nitrogens with two attached hydrogens (primary N) is 2. The van der Waals surface area contributed by atoms with E-state index in [2.05, 4.69) is 156 Å². The van der Waals surface area contributed by atoms with E-state index in [-0.39, 0.29) is 21.7 Å². The van der Waals surface area contributed by atoms with Gasteiger partial charge in [0, 0.05) is 33.6 Å². The molecule has 1 aliphatic carbocycles. The standard InChI is InChI=1S/C53H60N2O2/c1-50(2,3)41-28-33(17-23-45(41)56-47-25-19-35(54)30-43(47)52(7,8)9)38-21-22-39-37-16-14-13-15-32(37)27-40(39)49(38)34-18-24-46(42(29-34)51(4,5)6)57-48-26-20-36(55)31-44(48)53(10,11)12/h13-26,28-31H,27,54-55H2,1-12H3. The SMILES string of the molecule is CC(C)(C)c1cc(N)ccc1Oc1ccc(-c2ccc3c(c2-c2ccc(Oc4ccc(N)cc4C(C)(C)C)c(C(C)(C)C)c2)Cc2ccccc2-3)cc1C(C)(C)C. The summed E-state index contributed by atoms with van der Waals surface area (Å²) >= 11 is 0. The van der Waals surface area contributed by atoms with Crippen LogP contribution in [0.1, 0.15) is 116 Å². The molecule has 4 nitrogen and oxygen atoms in total. The molecule has 0 saturated carbocycles. The Balaban J connectivity index is 1.41. The van der Waals surface area contributed by atoms with Gasteiger partial charge in [0.25, 0.3) is 0 Å². The molecular weight excluding hydrogens is 697 g/mol. The average molecular weight is 757 g/mol. The van der Waals surface area contributed by atoms with Crippen LogP contribution in [0, 0.1) is 0 Å². The third kappa shape index (κ3) is 7.92. The number of nitrogen functional groups attached to an aromatic ring is 2. The van der Waals surface area contributed by atoms with Crippen LogP contribution in [0.3, 0.4) is 0 Å². The number of benzene rings is 6. The van der Waals surface area contributed by atoms with E-state index in [4.69, 9.17) is 20.9 Å². The van der Waals surface area contributed by atoms with Crippen LogP contribution in [0.2, 0.25) is 0 Å². The molecule has 0 bridgehead atoms. The Morgan fingerprint density at radius 2 is 0.807 bits per heavy atom. The fourth-order valence-electron chi connectivity index (χ4n) is 8.20. The summed E-state index contributed by atoms with van der Waals surface area (Å²) in [5.41, 5.74) is 27.9. The quantitative estimate of drug-likeness (QED) is 0.166. The van der Waals surface area contributed by atoms with Crippen LogP contribution in [0.5, 0.6) is 23.0 Å². The van der Waals surface area contributed by atoms with Crippen LogP contribution in [-0.2, 0) is 28.1 Å². The van der Waals surface area contributed by atoms with Crippen molar-refractivity contribution in [2.75, 3.05) is 11.5 Å². The largest absolute Gasteiger partial charge is 0.457 e. The van der Waals surface area contributed by atoms with Gasteiger partial charge in [0.1, 0.15) is 23.0 Å². The van der Waals surface area contributed by atoms with Crippen LogP contribution in [0.25, 0.3) is 33.4 Å². The normalized spacial score (nSPS) is 13.0. The van der Waals surface area contributed by atoms with Crippen molar-refractivity contribution >= 4 is 11.4 Å². The molecule has 0 amide bonds. The number of rotatable bonds is 6. The van der Waals surface area contributed by atoms with Gasteiger partial charge in [0.15, 0.2) is 0 Å². The van der Waals surface area contributed by atoms with Crippen molar-refractivity contribution in [2.24, 2.45) is 0 Å². The van der Waals surface area contributed by atoms with E-state index >= 15 is 0 Å². The monoisotopic (exact) mass is 756 g/mol. The van der Waals surface area contributed by atoms with Crippen molar-refractivity contribution in [3.8, 4) is 56.4 Å². The van der Waals surface area contributed by atoms with Gasteiger partial charge in [0.2, 0.25) is 0 Å². The molecule has 0 atom stereocenters. The van der Waals surface area contributed by atoms with Crippen molar-refractivity contribution in [1.29, 1.82) is 0 Å². The first-order valence-corrected chi connectivity index (χ1v) is 20.3. The molecule has 0 heterocycles. The summed E-state index contributed by atoms with van der Waals surface area (Å²) in [6, 6.07) is 38.9. The number of hydrogen-bond donors (Lipinski definition) is 2. The molecule has 6 aromatic carbocycles. The van der Waals surface area contributed by atoms with Gasteiger partial charge in [-0.1, -0.05) is 132 Å². The second-order valence-electron chi connectivity index (χ2n) is 20.0. The van der Waals surface area contributed by atoms with Gasteiger partial charge in [-0.15, -0.1) is 0 Å². The summed E-state index contributed by atoms with van der Waals surface area (Å²) in [5, 5.41) is 0. The second kappa shape index (κ2) is 14.2. The Morgan fingerprint density at radius 3 is 1.30 bits per heavy atom. The molecule has 7 rings (SSSR count). The van der Waals surface area contributed by atoms with Gasteiger partial charge >= 0.3 is 0 Å². The third-order valence-electron chi connectivity index (χ3n) is 11.2. The van der Waals surface area contributed by atoms with Gasteiger partial charge in [-0.2, -0.15) is 0 Å². The molecule has 0 saturated heterocycles. The maximum absolute atomic E-state index is 6.87. The van der Waals surface area contributed by atoms with Crippen LogP contribution in [0.15, 0.2) is 109 Å². The molecule has 0 aromatic heterocycles. The maximum Gasteiger partial charge on any atom is 0.131 e. The zero-order valence-corrected chi connectivity index (χ0v) is 36.1. The zero-order chi connectivity index (χ0) is 41.2. The molecule has 0 aliphatic heterocycles. The molecule has 0 fully saturated rings. The lowest BCUT2D eigenvalue weighted by molar-refractivity contribution is 0.436. The molecule has 0 unspecified atom stereocenters. The zero-order valence-electron chi connectivity index (χ0n) is 36.1. The fraction of sp³-hybridized carbons (Fsp3) is 0.321. The summed E-state index contributed by atoms with van der Waals surface area (Å²) < 4.78 is 13.7. The van der Waals surface area contributed by atoms with E-state index in [1.165, 1.54) is 38.9 Å².